The van der Waals surface area contributed by atoms with Gasteiger partial charge in [-0.3, -0.25) is 14.0 Å². The molecule has 0 bridgehead atoms. The summed E-state index contributed by atoms with van der Waals surface area (Å²) in [6, 6.07) is 8.90. The van der Waals surface area contributed by atoms with Crippen LogP contribution in [0.1, 0.15) is 42.4 Å². The summed E-state index contributed by atoms with van der Waals surface area (Å²) in [6.45, 7) is 8.51. The van der Waals surface area contributed by atoms with Crippen molar-refractivity contribution in [1.82, 2.24) is 14.3 Å². The summed E-state index contributed by atoms with van der Waals surface area (Å²) in [7, 11) is 1.34. The Morgan fingerprint density at radius 3 is 2.55 bits per heavy atom. The Hall–Kier alpha value is -3.26. The predicted molar refractivity (Wildman–Crippen MR) is 120 cm³/mol. The highest BCUT2D eigenvalue weighted by molar-refractivity contribution is 7.07. The second-order valence-electron chi connectivity index (χ2n) is 7.38. The lowest BCUT2D eigenvalue weighted by Gasteiger charge is -2.24. The average molecular weight is 437 g/mol. The van der Waals surface area contributed by atoms with E-state index in [-0.39, 0.29) is 5.56 Å². The van der Waals surface area contributed by atoms with Crippen LogP contribution in [-0.2, 0) is 16.1 Å². The van der Waals surface area contributed by atoms with Crippen molar-refractivity contribution in [2.75, 3.05) is 7.11 Å². The van der Waals surface area contributed by atoms with Crippen molar-refractivity contribution in [3.8, 4) is 0 Å². The van der Waals surface area contributed by atoms with Gasteiger partial charge in [0, 0.05) is 17.8 Å². The van der Waals surface area contributed by atoms with E-state index in [1.54, 1.807) is 11.5 Å². The molecule has 1 aromatic carbocycles. The van der Waals surface area contributed by atoms with Crippen molar-refractivity contribution < 1.29 is 9.53 Å². The molecule has 160 valence electrons. The summed E-state index contributed by atoms with van der Waals surface area (Å²) in [5.74, 6) is -0.486. The quantitative estimate of drug-likeness (QED) is 0.588. The number of hydrogen-bond donors (Lipinski definition) is 0. The maximum absolute atomic E-state index is 13.5. The van der Waals surface area contributed by atoms with E-state index in [0.717, 1.165) is 29.1 Å². The van der Waals surface area contributed by atoms with E-state index in [1.807, 2.05) is 61.9 Å². The molecule has 1 aliphatic heterocycles. The Morgan fingerprint density at radius 1 is 1.23 bits per heavy atom. The van der Waals surface area contributed by atoms with Gasteiger partial charge in [-0.2, -0.15) is 5.10 Å². The summed E-state index contributed by atoms with van der Waals surface area (Å²) in [5, 5.41) is 4.55. The number of carbonyl (C=O) groups excluding carboxylic acids is 1. The Kier molecular flexibility index (Phi) is 5.49. The molecular formula is C23H24N4O3S. The number of allylic oxidation sites excluding steroid dienone is 1. The summed E-state index contributed by atoms with van der Waals surface area (Å²) in [6.07, 6.45) is 1.88. The number of carbonyl (C=O) groups is 1. The van der Waals surface area contributed by atoms with Gasteiger partial charge >= 0.3 is 5.97 Å². The van der Waals surface area contributed by atoms with Crippen molar-refractivity contribution in [1.29, 1.82) is 0 Å². The maximum Gasteiger partial charge on any atom is 0.338 e. The van der Waals surface area contributed by atoms with Gasteiger partial charge in [0.1, 0.15) is 0 Å². The number of fused-ring (bicyclic) bond motifs is 1. The number of thiazole rings is 1. The fourth-order valence-electron chi connectivity index (χ4n) is 4.00. The number of methoxy groups -OCH3 is 1. The smallest absolute Gasteiger partial charge is 0.338 e. The molecule has 0 spiro atoms. The minimum atomic E-state index is -0.590. The fraction of sp³-hybridized carbons (Fsp3) is 0.304. The molecule has 7 nitrogen and oxygen atoms in total. The Balaban J connectivity index is 1.99. The zero-order valence-electron chi connectivity index (χ0n) is 18.2. The average Bonchev–Trinajstić information content (AvgIpc) is 3.23. The van der Waals surface area contributed by atoms with Crippen LogP contribution < -0.4 is 14.9 Å². The minimum absolute atomic E-state index is 0.186. The minimum Gasteiger partial charge on any atom is -0.466 e. The van der Waals surface area contributed by atoms with Crippen LogP contribution in [0.2, 0.25) is 0 Å². The van der Waals surface area contributed by atoms with Crippen LogP contribution in [0.5, 0.6) is 0 Å². The van der Waals surface area contributed by atoms with Crippen LogP contribution in [-0.4, -0.2) is 27.4 Å². The molecule has 0 saturated carbocycles. The van der Waals surface area contributed by atoms with Crippen molar-refractivity contribution in [3.05, 3.63) is 83.8 Å². The number of nitrogens with zero attached hydrogens (tertiary/aromatic N) is 4. The third kappa shape index (κ3) is 3.46. The van der Waals surface area contributed by atoms with Crippen LogP contribution in [0, 0.1) is 13.8 Å². The van der Waals surface area contributed by atoms with Gasteiger partial charge in [-0.05, 0) is 39.3 Å². The molecule has 0 unspecified atom stereocenters. The summed E-state index contributed by atoms with van der Waals surface area (Å²) >= 11 is 1.32. The highest BCUT2D eigenvalue weighted by Crippen LogP contribution is 2.30. The highest BCUT2D eigenvalue weighted by Gasteiger charge is 2.32. The van der Waals surface area contributed by atoms with Crippen LogP contribution in [0.25, 0.3) is 6.08 Å². The number of esters is 1. The Bertz CT molecular complexity index is 1380. The number of aromatic nitrogens is 3. The van der Waals surface area contributed by atoms with Crippen LogP contribution in [0.3, 0.4) is 0 Å². The van der Waals surface area contributed by atoms with Crippen molar-refractivity contribution in [3.63, 3.8) is 0 Å². The SMILES string of the molecule is CCn1nc(C)c(/C=c2\sc3n(c2=O)[C@@H](c2ccccc2)C(C(=O)OC)=C(C)N=3)c1C. The Labute approximate surface area is 183 Å². The third-order valence-electron chi connectivity index (χ3n) is 5.55. The lowest BCUT2D eigenvalue weighted by Crippen LogP contribution is -2.39. The molecule has 4 rings (SSSR count). The number of benzene rings is 1. The van der Waals surface area contributed by atoms with Gasteiger partial charge in [0.25, 0.3) is 5.56 Å². The first-order valence-corrected chi connectivity index (χ1v) is 10.9. The number of ether oxygens (including phenoxy) is 1. The van der Waals surface area contributed by atoms with E-state index >= 15 is 0 Å². The van der Waals surface area contributed by atoms with E-state index in [4.69, 9.17) is 4.74 Å². The van der Waals surface area contributed by atoms with E-state index in [9.17, 15) is 9.59 Å². The molecule has 2 aromatic heterocycles. The van der Waals surface area contributed by atoms with E-state index in [1.165, 1.54) is 18.4 Å². The molecular weight excluding hydrogens is 412 g/mol. The molecule has 0 aliphatic carbocycles. The zero-order valence-corrected chi connectivity index (χ0v) is 19.0. The standard InChI is InChI=1S/C23H24N4O3S/c1-6-26-15(4)17(13(2)25-26)12-18-21(28)27-20(16-10-8-7-9-11-16)19(22(29)30-5)14(3)24-23(27)31-18/h7-12,20H,6H2,1-5H3/b18-12-/t20-/m0/s1. The lowest BCUT2D eigenvalue weighted by molar-refractivity contribution is -0.136. The summed E-state index contributed by atoms with van der Waals surface area (Å²) < 4.78 is 9.10. The van der Waals surface area contributed by atoms with Gasteiger partial charge in [-0.15, -0.1) is 0 Å². The fourth-order valence-corrected chi connectivity index (χ4v) is 5.03. The molecule has 1 atom stereocenters. The molecule has 3 aromatic rings. The normalized spacial score (nSPS) is 16.3. The largest absolute Gasteiger partial charge is 0.466 e. The molecule has 1 aliphatic rings. The second kappa shape index (κ2) is 8.11. The van der Waals surface area contributed by atoms with E-state index in [2.05, 4.69) is 10.1 Å². The predicted octanol–water partition coefficient (Wildman–Crippen LogP) is 2.24. The molecule has 8 heteroatoms. The van der Waals surface area contributed by atoms with E-state index in [0.29, 0.717) is 20.6 Å². The molecule has 31 heavy (non-hydrogen) atoms. The molecule has 3 heterocycles. The first-order chi connectivity index (χ1) is 14.9. The first-order valence-electron chi connectivity index (χ1n) is 10.1. The van der Waals surface area contributed by atoms with Crippen LogP contribution in [0.4, 0.5) is 0 Å². The maximum atomic E-state index is 13.5. The topological polar surface area (TPSA) is 78.5 Å². The van der Waals surface area contributed by atoms with Crippen molar-refractivity contribution in [2.45, 2.75) is 40.3 Å². The van der Waals surface area contributed by atoms with Crippen LogP contribution >= 0.6 is 11.3 Å². The molecule has 0 fully saturated rings. The van der Waals surface area contributed by atoms with E-state index < -0.39 is 12.0 Å². The number of hydrogen-bond acceptors (Lipinski definition) is 6. The first kappa shape index (κ1) is 21.0. The van der Waals surface area contributed by atoms with Gasteiger partial charge in [0.05, 0.1) is 34.6 Å². The monoisotopic (exact) mass is 436 g/mol. The van der Waals surface area contributed by atoms with Gasteiger partial charge < -0.3 is 4.74 Å². The highest BCUT2D eigenvalue weighted by atomic mass is 32.1. The lowest BCUT2D eigenvalue weighted by atomic mass is 9.96. The summed E-state index contributed by atoms with van der Waals surface area (Å²) in [5.41, 5.74) is 4.39. The van der Waals surface area contributed by atoms with Gasteiger partial charge in [0.2, 0.25) is 0 Å². The molecule has 0 N–H and O–H groups in total. The third-order valence-corrected chi connectivity index (χ3v) is 6.54. The second-order valence-corrected chi connectivity index (χ2v) is 8.39. The molecule has 0 radical (unpaired) electrons. The van der Waals surface area contributed by atoms with Gasteiger partial charge in [0.15, 0.2) is 4.80 Å². The van der Waals surface area contributed by atoms with Crippen molar-refractivity contribution >= 4 is 23.4 Å². The van der Waals surface area contributed by atoms with Gasteiger partial charge in [-0.1, -0.05) is 41.7 Å². The van der Waals surface area contributed by atoms with Crippen LogP contribution in [0.15, 0.2) is 51.4 Å². The summed E-state index contributed by atoms with van der Waals surface area (Å²) in [4.78, 5) is 31.3. The zero-order chi connectivity index (χ0) is 22.3. The number of rotatable bonds is 4. The molecule has 0 saturated heterocycles. The van der Waals surface area contributed by atoms with Crippen molar-refractivity contribution in [2.24, 2.45) is 4.99 Å². The number of aryl methyl sites for hydroxylation is 2. The molecule has 0 amide bonds. The Morgan fingerprint density at radius 2 is 1.94 bits per heavy atom. The van der Waals surface area contributed by atoms with Gasteiger partial charge in [-0.25, -0.2) is 9.79 Å².